The summed E-state index contributed by atoms with van der Waals surface area (Å²) in [5.74, 6) is 0.0180. The fraction of sp³-hybridized carbons (Fsp3) is 0.300. The van der Waals surface area contributed by atoms with Gasteiger partial charge in [0.25, 0.3) is 0 Å². The molecule has 0 aliphatic carbocycles. The molecule has 2 aromatic carbocycles. The molecule has 6 nitrogen and oxygen atoms in total. The van der Waals surface area contributed by atoms with Gasteiger partial charge < -0.3 is 14.5 Å². The normalized spacial score (nSPS) is 15.1. The topological polar surface area (TPSA) is 67.6 Å². The van der Waals surface area contributed by atoms with E-state index in [0.29, 0.717) is 44.8 Å². The Morgan fingerprint density at radius 1 is 1.14 bits per heavy atom. The molecule has 146 valence electrons. The van der Waals surface area contributed by atoms with E-state index in [4.69, 9.17) is 32.4 Å². The fourth-order valence-corrected chi connectivity index (χ4v) is 3.66. The third-order valence-corrected chi connectivity index (χ3v) is 5.02. The van der Waals surface area contributed by atoms with Crippen molar-refractivity contribution in [3.8, 4) is 11.5 Å². The molecule has 8 heteroatoms. The molecule has 0 bridgehead atoms. The third kappa shape index (κ3) is 4.47. The molecule has 1 aliphatic rings. The molecule has 2 heterocycles. The maximum atomic E-state index is 12.3. The Bertz CT molecular complexity index is 979. The van der Waals surface area contributed by atoms with Gasteiger partial charge in [0.2, 0.25) is 5.89 Å². The molecule has 0 radical (unpaired) electrons. The molecule has 1 saturated heterocycles. The summed E-state index contributed by atoms with van der Waals surface area (Å²) in [7, 11) is 0. The van der Waals surface area contributed by atoms with Crippen molar-refractivity contribution < 1.29 is 13.9 Å². The summed E-state index contributed by atoms with van der Waals surface area (Å²) >= 11 is 12.1. The minimum atomic E-state index is -0.374. The number of nitrogens with zero attached hydrogens (tertiary/aromatic N) is 2. The first kappa shape index (κ1) is 19.2. The Morgan fingerprint density at radius 2 is 1.89 bits per heavy atom. The number of fused-ring (bicyclic) bond motifs is 1. The Hall–Kier alpha value is -2.12. The van der Waals surface area contributed by atoms with Gasteiger partial charge >= 0.3 is 5.97 Å². The first-order valence-electron chi connectivity index (χ1n) is 9.06. The molecule has 0 amide bonds. The number of piperazine rings is 1. The van der Waals surface area contributed by atoms with Crippen molar-refractivity contribution in [3.63, 3.8) is 0 Å². The number of ether oxygens (including phenoxy) is 1. The standard InChI is InChI=1S/C20H19Cl2N3O3/c21-15-9-14(10-16(22)12-15)19-24-17-2-1-13(11-18(17)28-19)20(26)27-8-7-25-5-3-23-4-6-25/h1-2,9-12,23H,3-8H2. The van der Waals surface area contributed by atoms with Crippen molar-refractivity contribution in [2.24, 2.45) is 0 Å². The van der Waals surface area contributed by atoms with Gasteiger partial charge in [-0.1, -0.05) is 23.2 Å². The monoisotopic (exact) mass is 419 g/mol. The van der Waals surface area contributed by atoms with Crippen molar-refractivity contribution in [3.05, 3.63) is 52.0 Å². The van der Waals surface area contributed by atoms with Crippen molar-refractivity contribution in [1.29, 1.82) is 0 Å². The quantitative estimate of drug-likeness (QED) is 0.633. The first-order valence-corrected chi connectivity index (χ1v) is 9.81. The van der Waals surface area contributed by atoms with E-state index in [1.54, 1.807) is 36.4 Å². The van der Waals surface area contributed by atoms with Crippen LogP contribution in [0.3, 0.4) is 0 Å². The van der Waals surface area contributed by atoms with Crippen LogP contribution in [0.2, 0.25) is 10.0 Å². The molecule has 1 fully saturated rings. The molecule has 0 saturated carbocycles. The van der Waals surface area contributed by atoms with E-state index in [2.05, 4.69) is 15.2 Å². The molecular formula is C20H19Cl2N3O3. The number of hydrogen-bond donors (Lipinski definition) is 1. The molecule has 1 N–H and O–H groups in total. The lowest BCUT2D eigenvalue weighted by Crippen LogP contribution is -2.44. The van der Waals surface area contributed by atoms with Gasteiger partial charge in [0.15, 0.2) is 5.58 Å². The Balaban J connectivity index is 1.45. The summed E-state index contributed by atoms with van der Waals surface area (Å²) in [5, 5.41) is 4.29. The van der Waals surface area contributed by atoms with E-state index in [1.165, 1.54) is 0 Å². The van der Waals surface area contributed by atoms with Crippen LogP contribution in [0.4, 0.5) is 0 Å². The zero-order valence-corrected chi connectivity index (χ0v) is 16.6. The maximum absolute atomic E-state index is 12.3. The Kier molecular flexibility index (Phi) is 5.82. The number of nitrogens with one attached hydrogen (secondary N) is 1. The Morgan fingerprint density at radius 3 is 2.64 bits per heavy atom. The van der Waals surface area contributed by atoms with E-state index in [1.807, 2.05) is 0 Å². The number of hydrogen-bond acceptors (Lipinski definition) is 6. The number of benzene rings is 2. The first-order chi connectivity index (χ1) is 13.6. The molecule has 0 unspecified atom stereocenters. The second-order valence-corrected chi connectivity index (χ2v) is 7.46. The predicted octanol–water partition coefficient (Wildman–Crippen LogP) is 3.86. The highest BCUT2D eigenvalue weighted by Crippen LogP contribution is 2.29. The van der Waals surface area contributed by atoms with Gasteiger partial charge in [-0.15, -0.1) is 0 Å². The summed E-state index contributed by atoms with van der Waals surface area (Å²) < 4.78 is 11.2. The van der Waals surface area contributed by atoms with Gasteiger partial charge in [-0.05, 0) is 36.4 Å². The second-order valence-electron chi connectivity index (χ2n) is 6.59. The molecule has 1 aromatic heterocycles. The van der Waals surface area contributed by atoms with Crippen molar-refractivity contribution in [2.45, 2.75) is 0 Å². The molecule has 3 aromatic rings. The van der Waals surface area contributed by atoms with Crippen LogP contribution < -0.4 is 5.32 Å². The summed E-state index contributed by atoms with van der Waals surface area (Å²) in [6.45, 7) is 4.97. The second kappa shape index (κ2) is 8.49. The van der Waals surface area contributed by atoms with Crippen LogP contribution >= 0.6 is 23.2 Å². The van der Waals surface area contributed by atoms with Crippen LogP contribution in [0.5, 0.6) is 0 Å². The van der Waals surface area contributed by atoms with E-state index < -0.39 is 0 Å². The average molecular weight is 420 g/mol. The van der Waals surface area contributed by atoms with Crippen LogP contribution in [0.1, 0.15) is 10.4 Å². The predicted molar refractivity (Wildman–Crippen MR) is 109 cm³/mol. The highest BCUT2D eigenvalue weighted by Gasteiger charge is 2.15. The van der Waals surface area contributed by atoms with E-state index in [9.17, 15) is 4.79 Å². The van der Waals surface area contributed by atoms with Gasteiger partial charge in [-0.2, -0.15) is 0 Å². The van der Waals surface area contributed by atoms with Crippen molar-refractivity contribution >= 4 is 40.3 Å². The van der Waals surface area contributed by atoms with Crippen LogP contribution in [0.15, 0.2) is 40.8 Å². The highest BCUT2D eigenvalue weighted by molar-refractivity contribution is 6.35. The van der Waals surface area contributed by atoms with E-state index in [0.717, 1.165) is 32.7 Å². The smallest absolute Gasteiger partial charge is 0.338 e. The highest BCUT2D eigenvalue weighted by atomic mass is 35.5. The van der Waals surface area contributed by atoms with Gasteiger partial charge in [0.1, 0.15) is 12.1 Å². The Labute approximate surface area is 172 Å². The number of carbonyl (C=O) groups is 1. The molecule has 1 aliphatic heterocycles. The van der Waals surface area contributed by atoms with Gasteiger partial charge in [0, 0.05) is 48.3 Å². The summed E-state index contributed by atoms with van der Waals surface area (Å²) in [6.07, 6.45) is 0. The summed E-state index contributed by atoms with van der Waals surface area (Å²) in [4.78, 5) is 19.1. The number of oxazole rings is 1. The lowest BCUT2D eigenvalue weighted by atomic mass is 10.2. The van der Waals surface area contributed by atoms with Crippen LogP contribution in [-0.4, -0.2) is 55.2 Å². The minimum absolute atomic E-state index is 0.361. The average Bonchev–Trinajstić information content (AvgIpc) is 3.11. The van der Waals surface area contributed by atoms with Gasteiger partial charge in [0.05, 0.1) is 5.56 Å². The number of esters is 1. The largest absolute Gasteiger partial charge is 0.461 e. The van der Waals surface area contributed by atoms with Crippen LogP contribution in [-0.2, 0) is 4.74 Å². The zero-order chi connectivity index (χ0) is 19.5. The molecule has 28 heavy (non-hydrogen) atoms. The maximum Gasteiger partial charge on any atom is 0.338 e. The summed E-state index contributed by atoms with van der Waals surface area (Å²) in [5.41, 5.74) is 2.25. The van der Waals surface area contributed by atoms with Crippen LogP contribution in [0.25, 0.3) is 22.6 Å². The number of halogens is 2. The van der Waals surface area contributed by atoms with Gasteiger partial charge in [-0.25, -0.2) is 9.78 Å². The fourth-order valence-electron chi connectivity index (χ4n) is 3.14. The van der Waals surface area contributed by atoms with Gasteiger partial charge in [-0.3, -0.25) is 4.90 Å². The lowest BCUT2D eigenvalue weighted by Gasteiger charge is -2.26. The third-order valence-electron chi connectivity index (χ3n) is 4.58. The molecule has 4 rings (SSSR count). The lowest BCUT2D eigenvalue weighted by molar-refractivity contribution is 0.0456. The molecular weight excluding hydrogens is 401 g/mol. The van der Waals surface area contributed by atoms with E-state index >= 15 is 0 Å². The minimum Gasteiger partial charge on any atom is -0.461 e. The SMILES string of the molecule is O=C(OCCN1CCNCC1)c1ccc2nc(-c3cc(Cl)cc(Cl)c3)oc2c1. The molecule has 0 atom stereocenters. The van der Waals surface area contributed by atoms with Crippen molar-refractivity contribution in [2.75, 3.05) is 39.3 Å². The number of rotatable bonds is 5. The number of carbonyl (C=O) groups excluding carboxylic acids is 1. The number of aromatic nitrogens is 1. The molecule has 0 spiro atoms. The summed E-state index contributed by atoms with van der Waals surface area (Å²) in [6, 6.07) is 10.2. The van der Waals surface area contributed by atoms with Crippen molar-refractivity contribution in [1.82, 2.24) is 15.2 Å². The zero-order valence-electron chi connectivity index (χ0n) is 15.1. The van der Waals surface area contributed by atoms with E-state index in [-0.39, 0.29) is 5.97 Å². The van der Waals surface area contributed by atoms with Crippen LogP contribution in [0, 0.1) is 0 Å².